The highest BCUT2D eigenvalue weighted by molar-refractivity contribution is 5.95. The van der Waals surface area contributed by atoms with Crippen LogP contribution in [-0.2, 0) is 9.59 Å². The molecule has 0 aromatic rings. The maximum Gasteiger partial charge on any atom is 0.246 e. The minimum Gasteiger partial charge on any atom is -0.343 e. The summed E-state index contributed by atoms with van der Waals surface area (Å²) in [6.07, 6.45) is 3.25. The van der Waals surface area contributed by atoms with Gasteiger partial charge in [0.1, 0.15) is 6.04 Å². The van der Waals surface area contributed by atoms with Gasteiger partial charge in [0.25, 0.3) is 0 Å². The van der Waals surface area contributed by atoms with Crippen LogP contribution in [0.1, 0.15) is 53.9 Å². The largest absolute Gasteiger partial charge is 0.343 e. The molecule has 1 N–H and O–H groups in total. The Morgan fingerprint density at radius 3 is 2.32 bits per heavy atom. The van der Waals surface area contributed by atoms with Crippen molar-refractivity contribution in [2.45, 2.75) is 66.0 Å². The number of carbonyl (C=O) groups is 2. The summed E-state index contributed by atoms with van der Waals surface area (Å²) in [6.45, 7) is 10.6. The van der Waals surface area contributed by atoms with Crippen LogP contribution in [0.4, 0.5) is 0 Å². The predicted molar refractivity (Wildman–Crippen MR) is 76.6 cm³/mol. The Kier molecular flexibility index (Phi) is 5.83. The number of carbonyl (C=O) groups excluding carboxylic acids is 2. The summed E-state index contributed by atoms with van der Waals surface area (Å²) >= 11 is 0. The van der Waals surface area contributed by atoms with Gasteiger partial charge >= 0.3 is 0 Å². The van der Waals surface area contributed by atoms with E-state index in [1.54, 1.807) is 4.90 Å². The summed E-state index contributed by atoms with van der Waals surface area (Å²) in [4.78, 5) is 25.8. The second-order valence-electron chi connectivity index (χ2n) is 6.43. The predicted octanol–water partition coefficient (Wildman–Crippen LogP) is 2.18. The Morgan fingerprint density at radius 1 is 1.16 bits per heavy atom. The fraction of sp³-hybridized carbons (Fsp3) is 0.867. The van der Waals surface area contributed by atoms with E-state index < -0.39 is 0 Å². The van der Waals surface area contributed by atoms with Crippen LogP contribution in [0, 0.1) is 11.8 Å². The van der Waals surface area contributed by atoms with Gasteiger partial charge in [0, 0.05) is 6.04 Å². The quantitative estimate of drug-likeness (QED) is 0.802. The summed E-state index contributed by atoms with van der Waals surface area (Å²) in [6, 6.07) is -0.202. The maximum absolute atomic E-state index is 12.4. The van der Waals surface area contributed by atoms with Crippen molar-refractivity contribution in [3.05, 3.63) is 0 Å². The average Bonchev–Trinajstić information content (AvgIpc) is 2.30. The number of hydrogen-bond acceptors (Lipinski definition) is 2. The van der Waals surface area contributed by atoms with E-state index in [4.69, 9.17) is 0 Å². The molecule has 0 bridgehead atoms. The Balaban J connectivity index is 2.59. The number of nitrogens with one attached hydrogen (secondary N) is 1. The zero-order valence-corrected chi connectivity index (χ0v) is 12.9. The Labute approximate surface area is 116 Å². The summed E-state index contributed by atoms with van der Waals surface area (Å²) in [7, 11) is 0. The van der Waals surface area contributed by atoms with Gasteiger partial charge in [-0.2, -0.15) is 0 Å². The number of nitrogens with zero attached hydrogens (tertiary/aromatic N) is 1. The molecule has 0 saturated carbocycles. The van der Waals surface area contributed by atoms with Crippen LogP contribution >= 0.6 is 0 Å². The number of piperazine rings is 1. The van der Waals surface area contributed by atoms with Crippen LogP contribution in [0.5, 0.6) is 0 Å². The van der Waals surface area contributed by atoms with Gasteiger partial charge < -0.3 is 10.2 Å². The third-order valence-corrected chi connectivity index (χ3v) is 3.78. The number of hydrogen-bond donors (Lipinski definition) is 1. The molecule has 2 unspecified atom stereocenters. The third kappa shape index (κ3) is 4.51. The Hall–Kier alpha value is -1.06. The fourth-order valence-electron chi connectivity index (χ4n) is 2.49. The van der Waals surface area contributed by atoms with Gasteiger partial charge in [0.2, 0.25) is 11.8 Å². The van der Waals surface area contributed by atoms with E-state index in [1.807, 2.05) is 20.8 Å². The zero-order chi connectivity index (χ0) is 14.6. The van der Waals surface area contributed by atoms with Gasteiger partial charge in [-0.05, 0) is 25.2 Å². The maximum atomic E-state index is 12.4. The highest BCUT2D eigenvalue weighted by atomic mass is 16.2. The molecular weight excluding hydrogens is 240 g/mol. The molecule has 0 spiro atoms. The molecule has 19 heavy (non-hydrogen) atoms. The lowest BCUT2D eigenvalue weighted by Gasteiger charge is -2.38. The molecule has 110 valence electrons. The van der Waals surface area contributed by atoms with Gasteiger partial charge in [-0.3, -0.25) is 9.59 Å². The minimum atomic E-state index is -0.353. The van der Waals surface area contributed by atoms with E-state index in [-0.39, 0.29) is 36.4 Å². The van der Waals surface area contributed by atoms with Crippen molar-refractivity contribution in [2.24, 2.45) is 11.8 Å². The molecule has 4 heteroatoms. The van der Waals surface area contributed by atoms with Crippen molar-refractivity contribution in [3.63, 3.8) is 0 Å². The monoisotopic (exact) mass is 268 g/mol. The second kappa shape index (κ2) is 6.92. The standard InChI is InChI=1S/C15H28N2O2/c1-10(2)7-6-8-12(5)17-9-13(18)16-14(11(3)4)15(17)19/h10-12,14H,6-9H2,1-5H3,(H,16,18). The molecule has 1 aliphatic rings. The second-order valence-corrected chi connectivity index (χ2v) is 6.43. The van der Waals surface area contributed by atoms with Gasteiger partial charge in [0.15, 0.2) is 0 Å². The van der Waals surface area contributed by atoms with E-state index in [0.29, 0.717) is 5.92 Å². The SMILES string of the molecule is CC(C)CCCC(C)N1CC(=O)NC(C(C)C)C1=O. The zero-order valence-electron chi connectivity index (χ0n) is 12.9. The topological polar surface area (TPSA) is 49.4 Å². The summed E-state index contributed by atoms with van der Waals surface area (Å²) in [5, 5.41) is 2.79. The molecule has 2 amide bonds. The first kappa shape index (κ1) is 16.0. The molecule has 0 aromatic carbocycles. The summed E-state index contributed by atoms with van der Waals surface area (Å²) < 4.78 is 0. The van der Waals surface area contributed by atoms with E-state index in [0.717, 1.165) is 12.8 Å². The molecule has 0 aliphatic carbocycles. The molecule has 1 fully saturated rings. The molecule has 1 aliphatic heterocycles. The van der Waals surface area contributed by atoms with E-state index in [1.165, 1.54) is 6.42 Å². The molecule has 1 rings (SSSR count). The molecule has 0 aromatic heterocycles. The first-order valence-corrected chi connectivity index (χ1v) is 7.42. The first-order valence-electron chi connectivity index (χ1n) is 7.42. The number of rotatable bonds is 6. The normalized spacial score (nSPS) is 22.1. The highest BCUT2D eigenvalue weighted by Crippen LogP contribution is 2.17. The van der Waals surface area contributed by atoms with E-state index in [2.05, 4.69) is 19.2 Å². The molecule has 2 atom stereocenters. The summed E-state index contributed by atoms with van der Waals surface area (Å²) in [5.41, 5.74) is 0. The molecule has 1 heterocycles. The Bertz CT molecular complexity index is 326. The highest BCUT2D eigenvalue weighted by Gasteiger charge is 2.36. The minimum absolute atomic E-state index is 0.0333. The van der Waals surface area contributed by atoms with Crippen molar-refractivity contribution < 1.29 is 9.59 Å². The lowest BCUT2D eigenvalue weighted by atomic mass is 9.98. The molecular formula is C15H28N2O2. The fourth-order valence-corrected chi connectivity index (χ4v) is 2.49. The van der Waals surface area contributed by atoms with Crippen LogP contribution in [0.25, 0.3) is 0 Å². The van der Waals surface area contributed by atoms with Crippen molar-refractivity contribution in [2.75, 3.05) is 6.54 Å². The van der Waals surface area contributed by atoms with Gasteiger partial charge in [0.05, 0.1) is 6.54 Å². The molecule has 1 saturated heterocycles. The summed E-state index contributed by atoms with van der Waals surface area (Å²) in [5.74, 6) is 0.874. The van der Waals surface area contributed by atoms with E-state index >= 15 is 0 Å². The first-order chi connectivity index (χ1) is 8.82. The van der Waals surface area contributed by atoms with Gasteiger partial charge in [-0.25, -0.2) is 0 Å². The van der Waals surface area contributed by atoms with Gasteiger partial charge in [-0.1, -0.05) is 40.5 Å². The molecule has 4 nitrogen and oxygen atoms in total. The number of amides is 2. The van der Waals surface area contributed by atoms with Crippen LogP contribution in [0.3, 0.4) is 0 Å². The van der Waals surface area contributed by atoms with Crippen molar-refractivity contribution in [3.8, 4) is 0 Å². The van der Waals surface area contributed by atoms with Crippen molar-refractivity contribution in [1.29, 1.82) is 0 Å². The lowest BCUT2D eigenvalue weighted by Crippen LogP contribution is -2.61. The van der Waals surface area contributed by atoms with Crippen LogP contribution in [-0.4, -0.2) is 35.3 Å². The molecule has 0 radical (unpaired) electrons. The van der Waals surface area contributed by atoms with Crippen molar-refractivity contribution >= 4 is 11.8 Å². The Morgan fingerprint density at radius 2 is 1.79 bits per heavy atom. The third-order valence-electron chi connectivity index (χ3n) is 3.78. The van der Waals surface area contributed by atoms with Crippen LogP contribution < -0.4 is 5.32 Å². The van der Waals surface area contributed by atoms with E-state index in [9.17, 15) is 9.59 Å². The smallest absolute Gasteiger partial charge is 0.246 e. The average molecular weight is 268 g/mol. The lowest BCUT2D eigenvalue weighted by molar-refractivity contribution is -0.147. The van der Waals surface area contributed by atoms with Crippen molar-refractivity contribution in [1.82, 2.24) is 10.2 Å². The van der Waals surface area contributed by atoms with Crippen LogP contribution in [0.15, 0.2) is 0 Å². The van der Waals surface area contributed by atoms with Crippen LogP contribution in [0.2, 0.25) is 0 Å². The van der Waals surface area contributed by atoms with Gasteiger partial charge in [-0.15, -0.1) is 0 Å².